The minimum atomic E-state index is -0.100. The molecule has 0 amide bonds. The van der Waals surface area contributed by atoms with Crippen LogP contribution in [-0.2, 0) is 6.61 Å². The summed E-state index contributed by atoms with van der Waals surface area (Å²) >= 11 is 6.20. The van der Waals surface area contributed by atoms with Crippen molar-refractivity contribution in [1.82, 2.24) is 9.97 Å². The maximum Gasteiger partial charge on any atom is 0.147 e. The van der Waals surface area contributed by atoms with Gasteiger partial charge in [0.15, 0.2) is 0 Å². The molecule has 5 heteroatoms. The number of aliphatic hydroxyl groups is 1. The second kappa shape index (κ2) is 5.99. The Hall–Kier alpha value is -1.65. The Morgan fingerprint density at radius 1 is 1.26 bits per heavy atom. The van der Waals surface area contributed by atoms with Gasteiger partial charge in [-0.2, -0.15) is 0 Å². The van der Waals surface area contributed by atoms with Crippen LogP contribution < -0.4 is 4.90 Å². The average Bonchev–Trinajstić information content (AvgIpc) is 2.46. The van der Waals surface area contributed by atoms with Gasteiger partial charge in [-0.3, -0.25) is 4.98 Å². The summed E-state index contributed by atoms with van der Waals surface area (Å²) in [5.41, 5.74) is 1.60. The van der Waals surface area contributed by atoms with Crippen molar-refractivity contribution >= 4 is 17.4 Å². The molecule has 1 heterocycles. The van der Waals surface area contributed by atoms with E-state index >= 15 is 0 Å². The zero-order valence-electron chi connectivity index (χ0n) is 10.9. The first-order chi connectivity index (χ1) is 9.13. The summed E-state index contributed by atoms with van der Waals surface area (Å²) in [6.45, 7) is 1.96. The third kappa shape index (κ3) is 3.03. The van der Waals surface area contributed by atoms with Gasteiger partial charge in [0.1, 0.15) is 5.82 Å². The molecule has 0 aliphatic carbocycles. The number of hydrogen-bond acceptors (Lipinski definition) is 4. The van der Waals surface area contributed by atoms with Crippen molar-refractivity contribution in [2.45, 2.75) is 19.6 Å². The Morgan fingerprint density at radius 3 is 2.58 bits per heavy atom. The van der Waals surface area contributed by atoms with E-state index < -0.39 is 0 Å². The molecule has 1 N–H and O–H groups in total. The van der Waals surface area contributed by atoms with Crippen LogP contribution in [0.15, 0.2) is 36.7 Å². The van der Waals surface area contributed by atoms with Crippen molar-refractivity contribution < 1.29 is 5.11 Å². The van der Waals surface area contributed by atoms with Crippen molar-refractivity contribution in [2.75, 3.05) is 11.9 Å². The van der Waals surface area contributed by atoms with E-state index in [1.165, 1.54) is 0 Å². The fourth-order valence-corrected chi connectivity index (χ4v) is 2.13. The summed E-state index contributed by atoms with van der Waals surface area (Å²) in [5, 5.41) is 9.69. The predicted octanol–water partition coefficient (Wildman–Crippen LogP) is 2.82. The molecular formula is C14H16ClN3O. The van der Waals surface area contributed by atoms with Gasteiger partial charge in [0.05, 0.1) is 30.7 Å². The number of hydrogen-bond donors (Lipinski definition) is 1. The highest BCUT2D eigenvalue weighted by molar-refractivity contribution is 6.31. The topological polar surface area (TPSA) is 49.2 Å². The Bertz CT molecular complexity index is 545. The second-order valence-corrected chi connectivity index (χ2v) is 4.74. The highest BCUT2D eigenvalue weighted by atomic mass is 35.5. The Kier molecular flexibility index (Phi) is 4.35. The molecule has 0 fully saturated rings. The number of benzene rings is 1. The molecule has 1 aromatic carbocycles. The third-order valence-corrected chi connectivity index (χ3v) is 3.50. The molecule has 0 spiro atoms. The zero-order valence-corrected chi connectivity index (χ0v) is 11.7. The van der Waals surface area contributed by atoms with Crippen LogP contribution in [0.4, 0.5) is 5.82 Å². The standard InChI is InChI=1S/C14H16ClN3O/c1-10(12-5-3-4-6-13(12)15)18(2)14-8-16-11(9-19)7-17-14/h3-8,10,19H,9H2,1-2H3. The molecule has 100 valence electrons. The predicted molar refractivity (Wildman–Crippen MR) is 76.2 cm³/mol. The first-order valence-corrected chi connectivity index (χ1v) is 6.40. The molecule has 0 bridgehead atoms. The van der Waals surface area contributed by atoms with Crippen LogP contribution in [0.3, 0.4) is 0 Å². The van der Waals surface area contributed by atoms with Gasteiger partial charge in [-0.25, -0.2) is 4.98 Å². The van der Waals surface area contributed by atoms with E-state index in [0.717, 1.165) is 16.4 Å². The fraction of sp³-hybridized carbons (Fsp3) is 0.286. The lowest BCUT2D eigenvalue weighted by atomic mass is 10.1. The summed E-state index contributed by atoms with van der Waals surface area (Å²) in [5.74, 6) is 0.740. The van der Waals surface area contributed by atoms with Crippen LogP contribution in [0.2, 0.25) is 5.02 Å². The summed E-state index contributed by atoms with van der Waals surface area (Å²) < 4.78 is 0. The molecule has 0 saturated carbocycles. The maximum atomic E-state index is 8.96. The van der Waals surface area contributed by atoms with E-state index in [9.17, 15) is 0 Å². The number of rotatable bonds is 4. The maximum absolute atomic E-state index is 8.96. The van der Waals surface area contributed by atoms with Crippen molar-refractivity contribution in [3.8, 4) is 0 Å². The van der Waals surface area contributed by atoms with Gasteiger partial charge in [-0.15, -0.1) is 0 Å². The van der Waals surface area contributed by atoms with Crippen LogP contribution in [-0.4, -0.2) is 22.1 Å². The van der Waals surface area contributed by atoms with Crippen LogP contribution in [0, 0.1) is 0 Å². The van der Waals surface area contributed by atoms with Crippen LogP contribution in [0.5, 0.6) is 0 Å². The molecule has 1 aromatic heterocycles. The molecule has 2 aromatic rings. The molecule has 1 atom stereocenters. The number of aliphatic hydroxyl groups excluding tert-OH is 1. The lowest BCUT2D eigenvalue weighted by Crippen LogP contribution is -2.23. The van der Waals surface area contributed by atoms with Gasteiger partial charge < -0.3 is 10.0 Å². The van der Waals surface area contributed by atoms with E-state index in [0.29, 0.717) is 5.69 Å². The minimum absolute atomic E-state index is 0.0861. The van der Waals surface area contributed by atoms with E-state index in [1.54, 1.807) is 12.4 Å². The quantitative estimate of drug-likeness (QED) is 0.934. The van der Waals surface area contributed by atoms with Crippen LogP contribution in [0.1, 0.15) is 24.2 Å². The van der Waals surface area contributed by atoms with E-state index in [1.807, 2.05) is 36.2 Å². The Morgan fingerprint density at radius 2 is 2.00 bits per heavy atom. The smallest absolute Gasteiger partial charge is 0.147 e. The summed E-state index contributed by atoms with van der Waals surface area (Å²) in [7, 11) is 1.94. The molecule has 19 heavy (non-hydrogen) atoms. The number of anilines is 1. The normalized spacial score (nSPS) is 12.2. The van der Waals surface area contributed by atoms with Crippen LogP contribution in [0.25, 0.3) is 0 Å². The molecule has 0 aliphatic heterocycles. The first-order valence-electron chi connectivity index (χ1n) is 6.02. The number of aromatic nitrogens is 2. The monoisotopic (exact) mass is 277 g/mol. The molecule has 4 nitrogen and oxygen atoms in total. The third-order valence-electron chi connectivity index (χ3n) is 3.15. The van der Waals surface area contributed by atoms with Gasteiger partial charge in [0, 0.05) is 12.1 Å². The van der Waals surface area contributed by atoms with E-state index in [-0.39, 0.29) is 12.6 Å². The van der Waals surface area contributed by atoms with Gasteiger partial charge in [-0.05, 0) is 18.6 Å². The van der Waals surface area contributed by atoms with Gasteiger partial charge in [-0.1, -0.05) is 29.8 Å². The van der Waals surface area contributed by atoms with Crippen molar-refractivity contribution in [3.63, 3.8) is 0 Å². The van der Waals surface area contributed by atoms with Gasteiger partial charge in [0.2, 0.25) is 0 Å². The SMILES string of the molecule is CC(c1ccccc1Cl)N(C)c1cnc(CO)cn1. The van der Waals surface area contributed by atoms with E-state index in [4.69, 9.17) is 16.7 Å². The summed E-state index contributed by atoms with van der Waals surface area (Å²) in [6.07, 6.45) is 3.23. The summed E-state index contributed by atoms with van der Waals surface area (Å²) in [6, 6.07) is 7.84. The van der Waals surface area contributed by atoms with E-state index in [2.05, 4.69) is 16.9 Å². The molecule has 0 radical (unpaired) electrons. The zero-order chi connectivity index (χ0) is 13.8. The van der Waals surface area contributed by atoms with Gasteiger partial charge >= 0.3 is 0 Å². The highest BCUT2D eigenvalue weighted by Gasteiger charge is 2.16. The van der Waals surface area contributed by atoms with Crippen molar-refractivity contribution in [3.05, 3.63) is 52.9 Å². The van der Waals surface area contributed by atoms with Gasteiger partial charge in [0.25, 0.3) is 0 Å². The Balaban J connectivity index is 2.23. The molecule has 0 saturated heterocycles. The lowest BCUT2D eigenvalue weighted by Gasteiger charge is -2.26. The lowest BCUT2D eigenvalue weighted by molar-refractivity contribution is 0.276. The van der Waals surface area contributed by atoms with Crippen molar-refractivity contribution in [1.29, 1.82) is 0 Å². The number of nitrogens with zero attached hydrogens (tertiary/aromatic N) is 3. The minimum Gasteiger partial charge on any atom is -0.390 e. The first kappa shape index (κ1) is 13.8. The molecule has 0 aliphatic rings. The Labute approximate surface area is 117 Å². The average molecular weight is 278 g/mol. The second-order valence-electron chi connectivity index (χ2n) is 4.33. The summed E-state index contributed by atoms with van der Waals surface area (Å²) in [4.78, 5) is 10.4. The van der Waals surface area contributed by atoms with Crippen LogP contribution >= 0.6 is 11.6 Å². The molecule has 1 unspecified atom stereocenters. The highest BCUT2D eigenvalue weighted by Crippen LogP contribution is 2.28. The molecule has 2 rings (SSSR count). The number of halogens is 1. The molecular weight excluding hydrogens is 262 g/mol. The van der Waals surface area contributed by atoms with Crippen molar-refractivity contribution in [2.24, 2.45) is 0 Å². The largest absolute Gasteiger partial charge is 0.390 e. The fourth-order valence-electron chi connectivity index (χ4n) is 1.83.